The summed E-state index contributed by atoms with van der Waals surface area (Å²) in [5.74, 6) is 0.677. The van der Waals surface area contributed by atoms with Gasteiger partial charge in [-0.15, -0.1) is 0 Å². The smallest absolute Gasteiger partial charge is 0.160 e. The maximum absolute atomic E-state index is 9.77. The Balaban J connectivity index is 1.98. The van der Waals surface area contributed by atoms with Crippen LogP contribution in [0.4, 0.5) is 0 Å². The van der Waals surface area contributed by atoms with Crippen LogP contribution in [0.15, 0.2) is 18.2 Å². The van der Waals surface area contributed by atoms with Crippen molar-refractivity contribution in [3.05, 3.63) is 23.8 Å². The number of phenols is 1. The molecule has 2 rings (SSSR count). The number of phenolic OH excluding ortho intramolecular Hbond substituents is 1. The average Bonchev–Trinajstić information content (AvgIpc) is 2.39. The average molecular weight is 266 g/mol. The number of morpholine rings is 1. The molecule has 0 amide bonds. The summed E-state index contributed by atoms with van der Waals surface area (Å²) in [6, 6.07) is 5.53. The van der Waals surface area contributed by atoms with Gasteiger partial charge in [-0.1, -0.05) is 6.07 Å². The Morgan fingerprint density at radius 2 is 2.37 bits per heavy atom. The number of aromatic hydroxyl groups is 1. The molecule has 0 aliphatic carbocycles. The van der Waals surface area contributed by atoms with Crippen LogP contribution in [0.1, 0.15) is 12.5 Å². The quantitative estimate of drug-likeness (QED) is 0.849. The maximum Gasteiger partial charge on any atom is 0.160 e. The first kappa shape index (κ1) is 14.1. The second-order valence-corrected chi connectivity index (χ2v) is 5.01. The summed E-state index contributed by atoms with van der Waals surface area (Å²) < 4.78 is 10.7. The van der Waals surface area contributed by atoms with Gasteiger partial charge < -0.3 is 20.3 Å². The molecule has 1 aliphatic rings. The Morgan fingerprint density at radius 3 is 3.00 bits per heavy atom. The molecule has 5 nitrogen and oxygen atoms in total. The minimum atomic E-state index is 0.0343. The molecular weight excluding hydrogens is 244 g/mol. The largest absolute Gasteiger partial charge is 0.504 e. The third-order valence-corrected chi connectivity index (χ3v) is 3.41. The van der Waals surface area contributed by atoms with Gasteiger partial charge in [0.2, 0.25) is 0 Å². The first-order valence-corrected chi connectivity index (χ1v) is 6.55. The molecule has 1 heterocycles. The Bertz CT molecular complexity index is 423. The highest BCUT2D eigenvalue weighted by Crippen LogP contribution is 2.27. The molecule has 2 atom stereocenters. The number of hydrogen-bond donors (Lipinski definition) is 2. The zero-order valence-electron chi connectivity index (χ0n) is 11.5. The van der Waals surface area contributed by atoms with Gasteiger partial charge in [0.25, 0.3) is 0 Å². The summed E-state index contributed by atoms with van der Waals surface area (Å²) in [7, 11) is 1.55. The van der Waals surface area contributed by atoms with Crippen molar-refractivity contribution in [2.75, 3.05) is 26.8 Å². The van der Waals surface area contributed by atoms with E-state index >= 15 is 0 Å². The number of methoxy groups -OCH3 is 1. The van der Waals surface area contributed by atoms with E-state index in [0.717, 1.165) is 25.2 Å². The maximum atomic E-state index is 9.77. The van der Waals surface area contributed by atoms with Crippen LogP contribution in [-0.2, 0) is 11.3 Å². The lowest BCUT2D eigenvalue weighted by atomic mass is 10.1. The second-order valence-electron chi connectivity index (χ2n) is 5.01. The van der Waals surface area contributed by atoms with Crippen molar-refractivity contribution in [2.24, 2.45) is 5.73 Å². The molecule has 106 valence electrons. The van der Waals surface area contributed by atoms with Crippen LogP contribution >= 0.6 is 0 Å². The zero-order valence-corrected chi connectivity index (χ0v) is 11.5. The van der Waals surface area contributed by atoms with Crippen LogP contribution in [0.25, 0.3) is 0 Å². The SMILES string of the molecule is COc1ccc(CN2CCOC(C(C)N)C2)cc1O. The number of nitrogens with two attached hydrogens (primary N) is 1. The van der Waals surface area contributed by atoms with Gasteiger partial charge in [0.15, 0.2) is 11.5 Å². The van der Waals surface area contributed by atoms with Crippen molar-refractivity contribution in [2.45, 2.75) is 25.6 Å². The lowest BCUT2D eigenvalue weighted by Gasteiger charge is -2.34. The highest BCUT2D eigenvalue weighted by molar-refractivity contribution is 5.41. The lowest BCUT2D eigenvalue weighted by molar-refractivity contribution is -0.0403. The molecule has 1 aromatic rings. The van der Waals surface area contributed by atoms with E-state index in [1.165, 1.54) is 0 Å². The minimum absolute atomic E-state index is 0.0343. The normalized spacial score (nSPS) is 22.2. The fraction of sp³-hybridized carbons (Fsp3) is 0.571. The Morgan fingerprint density at radius 1 is 1.58 bits per heavy atom. The van der Waals surface area contributed by atoms with Crippen molar-refractivity contribution >= 4 is 0 Å². The molecule has 2 unspecified atom stereocenters. The summed E-state index contributed by atoms with van der Waals surface area (Å²) >= 11 is 0. The van der Waals surface area contributed by atoms with E-state index in [1.54, 1.807) is 19.2 Å². The topological polar surface area (TPSA) is 68.0 Å². The standard InChI is InChI=1S/C14H22N2O3/c1-10(15)14-9-16(5-6-19-14)8-11-3-4-13(18-2)12(17)7-11/h3-4,7,10,14,17H,5-6,8-9,15H2,1-2H3. The van der Waals surface area contributed by atoms with Crippen molar-refractivity contribution < 1.29 is 14.6 Å². The zero-order chi connectivity index (χ0) is 13.8. The molecular formula is C14H22N2O3. The highest BCUT2D eigenvalue weighted by Gasteiger charge is 2.23. The van der Waals surface area contributed by atoms with Gasteiger partial charge in [0, 0.05) is 25.7 Å². The molecule has 0 aromatic heterocycles. The van der Waals surface area contributed by atoms with Crippen LogP contribution in [0.5, 0.6) is 11.5 Å². The van der Waals surface area contributed by atoms with Gasteiger partial charge >= 0.3 is 0 Å². The fourth-order valence-electron chi connectivity index (χ4n) is 2.29. The number of nitrogens with zero attached hydrogens (tertiary/aromatic N) is 1. The van der Waals surface area contributed by atoms with Crippen LogP contribution in [0, 0.1) is 0 Å². The predicted molar refractivity (Wildman–Crippen MR) is 73.3 cm³/mol. The monoisotopic (exact) mass is 266 g/mol. The molecule has 0 radical (unpaired) electrons. The van der Waals surface area contributed by atoms with Crippen LogP contribution in [0.2, 0.25) is 0 Å². The Kier molecular flexibility index (Phi) is 4.63. The summed E-state index contributed by atoms with van der Waals surface area (Å²) in [6.45, 7) is 5.16. The van der Waals surface area contributed by atoms with Crippen molar-refractivity contribution in [1.82, 2.24) is 4.90 Å². The third kappa shape index (κ3) is 3.59. The molecule has 0 spiro atoms. The van der Waals surface area contributed by atoms with Crippen LogP contribution in [0.3, 0.4) is 0 Å². The molecule has 0 bridgehead atoms. The second kappa shape index (κ2) is 6.23. The summed E-state index contributed by atoms with van der Waals surface area (Å²) in [5.41, 5.74) is 6.94. The molecule has 0 saturated carbocycles. The molecule has 3 N–H and O–H groups in total. The van der Waals surface area contributed by atoms with Crippen molar-refractivity contribution in [3.8, 4) is 11.5 Å². The highest BCUT2D eigenvalue weighted by atomic mass is 16.5. The number of rotatable bonds is 4. The predicted octanol–water partition coefficient (Wildman–Crippen LogP) is 0.949. The first-order chi connectivity index (χ1) is 9.10. The van der Waals surface area contributed by atoms with E-state index in [0.29, 0.717) is 12.4 Å². The number of hydrogen-bond acceptors (Lipinski definition) is 5. The lowest BCUT2D eigenvalue weighted by Crippen LogP contribution is -2.49. The van der Waals surface area contributed by atoms with Crippen molar-refractivity contribution in [3.63, 3.8) is 0 Å². The van der Waals surface area contributed by atoms with Gasteiger partial charge in [-0.05, 0) is 24.6 Å². The molecule has 19 heavy (non-hydrogen) atoms. The van der Waals surface area contributed by atoms with E-state index in [1.807, 2.05) is 13.0 Å². The third-order valence-electron chi connectivity index (χ3n) is 3.41. The Labute approximate surface area is 113 Å². The molecule has 5 heteroatoms. The van der Waals surface area contributed by atoms with Crippen LogP contribution in [-0.4, -0.2) is 49.0 Å². The first-order valence-electron chi connectivity index (χ1n) is 6.55. The van der Waals surface area contributed by atoms with Gasteiger partial charge in [-0.3, -0.25) is 4.90 Å². The number of benzene rings is 1. The summed E-state index contributed by atoms with van der Waals surface area (Å²) in [4.78, 5) is 2.29. The molecule has 1 fully saturated rings. The van der Waals surface area contributed by atoms with Gasteiger partial charge in [0.05, 0.1) is 19.8 Å². The van der Waals surface area contributed by atoms with E-state index < -0.39 is 0 Å². The molecule has 1 saturated heterocycles. The summed E-state index contributed by atoms with van der Waals surface area (Å²) in [5, 5.41) is 9.77. The minimum Gasteiger partial charge on any atom is -0.504 e. The summed E-state index contributed by atoms with van der Waals surface area (Å²) in [6.07, 6.45) is 0.0839. The molecule has 1 aromatic carbocycles. The van der Waals surface area contributed by atoms with Gasteiger partial charge in [0.1, 0.15) is 0 Å². The molecule has 1 aliphatic heterocycles. The van der Waals surface area contributed by atoms with Gasteiger partial charge in [-0.25, -0.2) is 0 Å². The van der Waals surface area contributed by atoms with E-state index in [4.69, 9.17) is 15.2 Å². The van der Waals surface area contributed by atoms with E-state index in [-0.39, 0.29) is 17.9 Å². The van der Waals surface area contributed by atoms with E-state index in [9.17, 15) is 5.11 Å². The van der Waals surface area contributed by atoms with E-state index in [2.05, 4.69) is 4.90 Å². The van der Waals surface area contributed by atoms with Crippen molar-refractivity contribution in [1.29, 1.82) is 0 Å². The Hall–Kier alpha value is -1.30. The van der Waals surface area contributed by atoms with Crippen LogP contribution < -0.4 is 10.5 Å². The fourth-order valence-corrected chi connectivity index (χ4v) is 2.29. The number of ether oxygens (including phenoxy) is 2. The van der Waals surface area contributed by atoms with Gasteiger partial charge in [-0.2, -0.15) is 0 Å².